The van der Waals surface area contributed by atoms with Crippen LogP contribution in [0.2, 0.25) is 5.02 Å². The van der Waals surface area contributed by atoms with E-state index in [1.54, 1.807) is 0 Å². The average molecular weight is 388 g/mol. The predicted molar refractivity (Wildman–Crippen MR) is 107 cm³/mol. The number of hydrogen-bond donors (Lipinski definition) is 3. The fourth-order valence-corrected chi connectivity index (χ4v) is 2.86. The number of para-hydroxylation sites is 1. The van der Waals surface area contributed by atoms with Gasteiger partial charge in [-0.15, -0.1) is 0 Å². The van der Waals surface area contributed by atoms with E-state index in [1.165, 1.54) is 0 Å². The average Bonchev–Trinajstić information content (AvgIpc) is 2.98. The SMILES string of the molecule is Cc1c(C(=O)NNC(=S)NCCc2ccc(Cl)cc2)oc2ccccc12. The van der Waals surface area contributed by atoms with Gasteiger partial charge in [0.1, 0.15) is 5.58 Å². The summed E-state index contributed by atoms with van der Waals surface area (Å²) in [6.07, 6.45) is 0.787. The molecular formula is C19H18ClN3O2S. The molecule has 0 bridgehead atoms. The Balaban J connectivity index is 1.48. The summed E-state index contributed by atoms with van der Waals surface area (Å²) in [7, 11) is 0. The maximum atomic E-state index is 12.3. The van der Waals surface area contributed by atoms with Gasteiger partial charge in [0.2, 0.25) is 0 Å². The van der Waals surface area contributed by atoms with Crippen LogP contribution in [-0.2, 0) is 6.42 Å². The highest BCUT2D eigenvalue weighted by molar-refractivity contribution is 7.80. The molecule has 1 heterocycles. The number of furan rings is 1. The minimum absolute atomic E-state index is 0.266. The van der Waals surface area contributed by atoms with Crippen molar-refractivity contribution in [2.75, 3.05) is 6.54 Å². The Morgan fingerprint density at radius 3 is 2.58 bits per heavy atom. The first-order valence-electron chi connectivity index (χ1n) is 8.11. The maximum absolute atomic E-state index is 12.3. The molecule has 2 aromatic carbocycles. The Morgan fingerprint density at radius 1 is 1.12 bits per heavy atom. The van der Waals surface area contributed by atoms with E-state index in [-0.39, 0.29) is 11.7 Å². The molecule has 0 unspecified atom stereocenters. The predicted octanol–water partition coefficient (Wildman–Crippen LogP) is 3.75. The number of thiocarbonyl (C=S) groups is 1. The first kappa shape index (κ1) is 18.2. The summed E-state index contributed by atoms with van der Waals surface area (Å²) in [6.45, 7) is 2.48. The normalized spacial score (nSPS) is 10.5. The number of benzene rings is 2. The van der Waals surface area contributed by atoms with Crippen LogP contribution in [0.15, 0.2) is 52.9 Å². The van der Waals surface area contributed by atoms with Crippen LogP contribution >= 0.6 is 23.8 Å². The lowest BCUT2D eigenvalue weighted by atomic mass is 10.1. The van der Waals surface area contributed by atoms with E-state index in [0.717, 1.165) is 22.9 Å². The lowest BCUT2D eigenvalue weighted by Gasteiger charge is -2.11. The van der Waals surface area contributed by atoms with Gasteiger partial charge in [-0.25, -0.2) is 0 Å². The molecule has 1 amide bonds. The van der Waals surface area contributed by atoms with Crippen LogP contribution in [0.25, 0.3) is 11.0 Å². The lowest BCUT2D eigenvalue weighted by molar-refractivity contribution is 0.0917. The standard InChI is InChI=1S/C19H18ClN3O2S/c1-12-15-4-2-3-5-16(15)25-17(12)18(24)22-23-19(26)21-11-10-13-6-8-14(20)9-7-13/h2-9H,10-11H2,1H3,(H,22,24)(H2,21,23,26). The molecule has 5 nitrogen and oxygen atoms in total. The third-order valence-electron chi connectivity index (χ3n) is 3.95. The molecule has 3 aromatic rings. The second kappa shape index (κ2) is 8.21. The fraction of sp³-hybridized carbons (Fsp3) is 0.158. The Kier molecular flexibility index (Phi) is 5.75. The number of rotatable bonds is 4. The van der Waals surface area contributed by atoms with Crippen molar-refractivity contribution in [2.45, 2.75) is 13.3 Å². The van der Waals surface area contributed by atoms with Crippen molar-refractivity contribution in [2.24, 2.45) is 0 Å². The zero-order valence-corrected chi connectivity index (χ0v) is 15.7. The van der Waals surface area contributed by atoms with Gasteiger partial charge in [-0.05, 0) is 49.3 Å². The molecule has 134 valence electrons. The first-order valence-corrected chi connectivity index (χ1v) is 8.90. The number of carbonyl (C=O) groups is 1. The van der Waals surface area contributed by atoms with Crippen LogP contribution in [0.4, 0.5) is 0 Å². The molecule has 0 saturated heterocycles. The number of fused-ring (bicyclic) bond motifs is 1. The smallest absolute Gasteiger partial charge is 0.305 e. The quantitative estimate of drug-likeness (QED) is 0.470. The van der Waals surface area contributed by atoms with Gasteiger partial charge in [0.15, 0.2) is 10.9 Å². The van der Waals surface area contributed by atoms with Gasteiger partial charge in [-0.2, -0.15) is 0 Å². The van der Waals surface area contributed by atoms with Gasteiger partial charge < -0.3 is 9.73 Å². The van der Waals surface area contributed by atoms with Crippen molar-refractivity contribution in [1.29, 1.82) is 0 Å². The van der Waals surface area contributed by atoms with Gasteiger partial charge in [0.05, 0.1) is 0 Å². The van der Waals surface area contributed by atoms with E-state index in [1.807, 2.05) is 55.5 Å². The zero-order chi connectivity index (χ0) is 18.5. The second-order valence-corrected chi connectivity index (χ2v) is 6.61. The molecule has 3 N–H and O–H groups in total. The van der Waals surface area contributed by atoms with Gasteiger partial charge in [-0.1, -0.05) is 41.9 Å². The van der Waals surface area contributed by atoms with E-state index in [9.17, 15) is 4.79 Å². The zero-order valence-electron chi connectivity index (χ0n) is 14.1. The number of hydrazine groups is 1. The summed E-state index contributed by atoms with van der Waals surface area (Å²) < 4.78 is 5.62. The van der Waals surface area contributed by atoms with Gasteiger partial charge in [0.25, 0.3) is 0 Å². The summed E-state index contributed by atoms with van der Waals surface area (Å²) in [5.41, 5.74) is 7.86. The summed E-state index contributed by atoms with van der Waals surface area (Å²) in [6, 6.07) is 15.2. The van der Waals surface area contributed by atoms with Gasteiger partial charge in [0, 0.05) is 22.5 Å². The molecule has 0 fully saturated rings. The number of aryl methyl sites for hydroxylation is 1. The topological polar surface area (TPSA) is 66.3 Å². The van der Waals surface area contributed by atoms with E-state index in [0.29, 0.717) is 22.3 Å². The lowest BCUT2D eigenvalue weighted by Crippen LogP contribution is -2.47. The molecule has 26 heavy (non-hydrogen) atoms. The highest BCUT2D eigenvalue weighted by Gasteiger charge is 2.17. The molecule has 0 saturated carbocycles. The van der Waals surface area contributed by atoms with Crippen molar-refractivity contribution < 1.29 is 9.21 Å². The van der Waals surface area contributed by atoms with Crippen LogP contribution in [0.1, 0.15) is 21.7 Å². The number of amides is 1. The minimum Gasteiger partial charge on any atom is -0.451 e. The Hall–Kier alpha value is -2.57. The Bertz CT molecular complexity index is 938. The first-order chi connectivity index (χ1) is 12.5. The number of nitrogens with one attached hydrogen (secondary N) is 3. The maximum Gasteiger partial charge on any atom is 0.305 e. The molecule has 0 radical (unpaired) electrons. The molecule has 7 heteroatoms. The van der Waals surface area contributed by atoms with Crippen molar-refractivity contribution in [3.8, 4) is 0 Å². The van der Waals surface area contributed by atoms with Crippen LogP contribution in [0.5, 0.6) is 0 Å². The Morgan fingerprint density at radius 2 is 1.85 bits per heavy atom. The van der Waals surface area contributed by atoms with E-state index >= 15 is 0 Å². The van der Waals surface area contributed by atoms with E-state index in [4.69, 9.17) is 28.2 Å². The summed E-state index contributed by atoms with van der Waals surface area (Å²) in [5.74, 6) is -0.108. The van der Waals surface area contributed by atoms with Crippen molar-refractivity contribution >= 4 is 45.8 Å². The molecule has 0 spiro atoms. The summed E-state index contributed by atoms with van der Waals surface area (Å²) in [5, 5.41) is 5.00. The molecule has 0 atom stereocenters. The third kappa shape index (κ3) is 4.33. The number of hydrogen-bond acceptors (Lipinski definition) is 3. The van der Waals surface area contributed by atoms with Gasteiger partial charge >= 0.3 is 5.91 Å². The van der Waals surface area contributed by atoms with Gasteiger partial charge in [-0.3, -0.25) is 15.6 Å². The largest absolute Gasteiger partial charge is 0.451 e. The number of halogens is 1. The van der Waals surface area contributed by atoms with E-state index < -0.39 is 0 Å². The van der Waals surface area contributed by atoms with Crippen molar-refractivity contribution in [3.05, 3.63) is 70.4 Å². The van der Waals surface area contributed by atoms with Crippen molar-refractivity contribution in [3.63, 3.8) is 0 Å². The van der Waals surface area contributed by atoms with Crippen LogP contribution in [0.3, 0.4) is 0 Å². The van der Waals surface area contributed by atoms with Crippen molar-refractivity contribution in [1.82, 2.24) is 16.2 Å². The van der Waals surface area contributed by atoms with Crippen LogP contribution in [0, 0.1) is 6.92 Å². The Labute approximate surface area is 161 Å². The minimum atomic E-state index is -0.374. The van der Waals surface area contributed by atoms with Crippen LogP contribution < -0.4 is 16.2 Å². The van der Waals surface area contributed by atoms with E-state index in [2.05, 4.69) is 16.2 Å². The number of carbonyl (C=O) groups excluding carboxylic acids is 1. The summed E-state index contributed by atoms with van der Waals surface area (Å²) >= 11 is 11.0. The summed E-state index contributed by atoms with van der Waals surface area (Å²) in [4.78, 5) is 12.3. The molecule has 1 aromatic heterocycles. The monoisotopic (exact) mass is 387 g/mol. The molecule has 0 aliphatic heterocycles. The molecular weight excluding hydrogens is 370 g/mol. The van der Waals surface area contributed by atoms with Crippen LogP contribution in [-0.4, -0.2) is 17.6 Å². The molecule has 0 aliphatic rings. The molecule has 0 aliphatic carbocycles. The molecule has 3 rings (SSSR count). The second-order valence-electron chi connectivity index (χ2n) is 5.76. The fourth-order valence-electron chi connectivity index (χ4n) is 2.58. The highest BCUT2D eigenvalue weighted by Crippen LogP contribution is 2.24. The highest BCUT2D eigenvalue weighted by atomic mass is 35.5. The third-order valence-corrected chi connectivity index (χ3v) is 4.45.